The second-order valence-corrected chi connectivity index (χ2v) is 10.8. The first kappa shape index (κ1) is 21.1. The fourth-order valence-electron chi connectivity index (χ4n) is 6.28. The lowest BCUT2D eigenvalue weighted by molar-refractivity contribution is 0.0622. The van der Waals surface area contributed by atoms with E-state index in [1.54, 1.807) is 0 Å². The van der Waals surface area contributed by atoms with Gasteiger partial charge in [-0.15, -0.1) is 0 Å². The van der Waals surface area contributed by atoms with Gasteiger partial charge < -0.3 is 19.4 Å². The molecular weight excluding hydrogens is 436 g/mol. The number of carbonyl (C=O) groups excluding carboxylic acids is 1. The van der Waals surface area contributed by atoms with Gasteiger partial charge in [0.2, 0.25) is 0 Å². The highest BCUT2D eigenvalue weighted by molar-refractivity contribution is 5.98. The molecule has 7 rings (SSSR count). The number of benzene rings is 1. The van der Waals surface area contributed by atoms with Gasteiger partial charge in [-0.25, -0.2) is 9.97 Å². The normalized spacial score (nSPS) is 22.6. The van der Waals surface area contributed by atoms with Crippen molar-refractivity contribution in [3.05, 3.63) is 48.2 Å². The van der Waals surface area contributed by atoms with E-state index in [0.29, 0.717) is 0 Å². The summed E-state index contributed by atoms with van der Waals surface area (Å²) in [6, 6.07) is 12.3. The van der Waals surface area contributed by atoms with E-state index in [2.05, 4.69) is 44.7 Å². The molecule has 2 aliphatic heterocycles. The molecule has 7 heteroatoms. The predicted molar refractivity (Wildman–Crippen MR) is 137 cm³/mol. The summed E-state index contributed by atoms with van der Waals surface area (Å²) in [5.74, 6) is 1.78. The van der Waals surface area contributed by atoms with Gasteiger partial charge in [0.1, 0.15) is 5.65 Å². The second-order valence-electron chi connectivity index (χ2n) is 10.8. The van der Waals surface area contributed by atoms with Crippen molar-refractivity contribution in [2.75, 3.05) is 19.6 Å². The van der Waals surface area contributed by atoms with E-state index in [1.807, 2.05) is 29.3 Å². The van der Waals surface area contributed by atoms with Gasteiger partial charge >= 0.3 is 0 Å². The van der Waals surface area contributed by atoms with Crippen molar-refractivity contribution in [1.82, 2.24) is 29.3 Å². The molecule has 1 saturated carbocycles. The quantitative estimate of drug-likeness (QED) is 0.483. The summed E-state index contributed by atoms with van der Waals surface area (Å²) in [7, 11) is 2.07. The first-order valence-corrected chi connectivity index (χ1v) is 13.1. The smallest absolute Gasteiger partial charge is 0.253 e. The van der Waals surface area contributed by atoms with E-state index in [-0.39, 0.29) is 11.4 Å². The standard InChI is InChI=1S/C28H32N6O/c1-32-23-9-8-21(27(35)33-14-4-11-28(18-33)10-3-13-30-28)15-22(23)31-26(32)24-16-20-5-2-12-29-25(20)34(24)17-19-6-7-19/h2,5,8-9,12,15-16,19,30H,3-4,6-7,10-11,13-14,17-18H2,1H3. The van der Waals surface area contributed by atoms with Gasteiger partial charge in [-0.1, -0.05) is 0 Å². The van der Waals surface area contributed by atoms with Crippen LogP contribution in [-0.4, -0.2) is 55.1 Å². The number of aromatic nitrogens is 4. The topological polar surface area (TPSA) is 68.0 Å². The Kier molecular flexibility index (Phi) is 4.78. The number of nitrogens with zero attached hydrogens (tertiary/aromatic N) is 5. The minimum Gasteiger partial charge on any atom is -0.337 e. The average molecular weight is 469 g/mol. The van der Waals surface area contributed by atoms with Crippen molar-refractivity contribution in [2.45, 2.75) is 50.6 Å². The van der Waals surface area contributed by atoms with Crippen LogP contribution in [-0.2, 0) is 13.6 Å². The summed E-state index contributed by atoms with van der Waals surface area (Å²) in [5.41, 5.74) is 4.89. The average Bonchev–Trinajstić information content (AvgIpc) is 3.34. The van der Waals surface area contributed by atoms with Crippen LogP contribution in [0, 0.1) is 5.92 Å². The van der Waals surface area contributed by atoms with Gasteiger partial charge in [0.25, 0.3) is 5.91 Å². The molecule has 1 atom stereocenters. The highest BCUT2D eigenvalue weighted by Crippen LogP contribution is 2.36. The molecular formula is C28H32N6O. The molecule has 180 valence electrons. The molecule has 1 aromatic carbocycles. The van der Waals surface area contributed by atoms with E-state index in [4.69, 9.17) is 4.98 Å². The van der Waals surface area contributed by atoms with Gasteiger partial charge in [-0.05, 0) is 87.4 Å². The number of imidazole rings is 1. The van der Waals surface area contributed by atoms with Gasteiger partial charge in [0.15, 0.2) is 5.82 Å². The van der Waals surface area contributed by atoms with Gasteiger partial charge in [-0.2, -0.15) is 0 Å². The Morgan fingerprint density at radius 2 is 2.06 bits per heavy atom. The van der Waals surface area contributed by atoms with E-state index in [0.717, 1.165) is 77.7 Å². The van der Waals surface area contributed by atoms with Crippen LogP contribution in [0.5, 0.6) is 0 Å². The van der Waals surface area contributed by atoms with Crippen LogP contribution < -0.4 is 5.32 Å². The molecule has 1 amide bonds. The van der Waals surface area contributed by atoms with E-state index in [1.165, 1.54) is 32.1 Å². The molecule has 3 fully saturated rings. The molecule has 1 N–H and O–H groups in total. The second kappa shape index (κ2) is 7.92. The summed E-state index contributed by atoms with van der Waals surface area (Å²) in [6.45, 7) is 3.69. The molecule has 5 heterocycles. The van der Waals surface area contributed by atoms with Crippen LogP contribution in [0.1, 0.15) is 48.9 Å². The molecule has 3 aromatic heterocycles. The van der Waals surface area contributed by atoms with Crippen LogP contribution in [0.3, 0.4) is 0 Å². The van der Waals surface area contributed by atoms with Gasteiger partial charge in [-0.3, -0.25) is 4.79 Å². The Bertz CT molecular complexity index is 1440. The third-order valence-corrected chi connectivity index (χ3v) is 8.35. The largest absolute Gasteiger partial charge is 0.337 e. The number of piperidine rings is 1. The lowest BCUT2D eigenvalue weighted by atomic mass is 9.87. The third kappa shape index (κ3) is 3.56. The number of fused-ring (bicyclic) bond motifs is 2. The molecule has 2 saturated heterocycles. The van der Waals surface area contributed by atoms with Crippen molar-refractivity contribution in [1.29, 1.82) is 0 Å². The molecule has 7 nitrogen and oxygen atoms in total. The Morgan fingerprint density at radius 1 is 1.17 bits per heavy atom. The van der Waals surface area contributed by atoms with Crippen LogP contribution in [0.25, 0.3) is 33.6 Å². The number of nitrogens with one attached hydrogen (secondary N) is 1. The lowest BCUT2D eigenvalue weighted by Gasteiger charge is -2.40. The van der Waals surface area contributed by atoms with Crippen LogP contribution in [0.2, 0.25) is 0 Å². The fraction of sp³-hybridized carbons (Fsp3) is 0.464. The first-order valence-electron chi connectivity index (χ1n) is 13.1. The minimum atomic E-state index is 0.124. The summed E-state index contributed by atoms with van der Waals surface area (Å²) >= 11 is 0. The molecule has 1 spiro atoms. The van der Waals surface area contributed by atoms with Crippen molar-refractivity contribution in [2.24, 2.45) is 13.0 Å². The molecule has 3 aliphatic rings. The van der Waals surface area contributed by atoms with E-state index in [9.17, 15) is 4.79 Å². The number of hydrogen-bond acceptors (Lipinski definition) is 4. The van der Waals surface area contributed by atoms with Crippen LogP contribution in [0.4, 0.5) is 0 Å². The zero-order valence-corrected chi connectivity index (χ0v) is 20.3. The van der Waals surface area contributed by atoms with Crippen molar-refractivity contribution >= 4 is 28.0 Å². The first-order chi connectivity index (χ1) is 17.1. The van der Waals surface area contributed by atoms with Crippen molar-refractivity contribution in [3.63, 3.8) is 0 Å². The Hall–Kier alpha value is -3.19. The third-order valence-electron chi connectivity index (χ3n) is 8.35. The monoisotopic (exact) mass is 468 g/mol. The molecule has 0 radical (unpaired) electrons. The van der Waals surface area contributed by atoms with Crippen molar-refractivity contribution in [3.8, 4) is 11.5 Å². The molecule has 35 heavy (non-hydrogen) atoms. The SMILES string of the molecule is Cn1c(-c2cc3cccnc3n2CC2CC2)nc2cc(C(=O)N3CCCC4(CCCN4)C3)ccc21. The highest BCUT2D eigenvalue weighted by Gasteiger charge is 2.39. The number of amides is 1. The maximum absolute atomic E-state index is 13.5. The Morgan fingerprint density at radius 3 is 2.89 bits per heavy atom. The zero-order valence-electron chi connectivity index (χ0n) is 20.3. The number of likely N-dealkylation sites (tertiary alicyclic amines) is 1. The maximum atomic E-state index is 13.5. The number of pyridine rings is 1. The van der Waals surface area contributed by atoms with Gasteiger partial charge in [0.05, 0.1) is 16.7 Å². The van der Waals surface area contributed by atoms with E-state index >= 15 is 0 Å². The summed E-state index contributed by atoms with van der Waals surface area (Å²) in [5, 5.41) is 4.83. The molecule has 0 bridgehead atoms. The minimum absolute atomic E-state index is 0.124. The Balaban J connectivity index is 1.25. The van der Waals surface area contributed by atoms with E-state index < -0.39 is 0 Å². The summed E-state index contributed by atoms with van der Waals surface area (Å²) in [4.78, 5) is 25.3. The fourth-order valence-corrected chi connectivity index (χ4v) is 6.28. The predicted octanol–water partition coefficient (Wildman–Crippen LogP) is 4.36. The van der Waals surface area contributed by atoms with Crippen LogP contribution in [0.15, 0.2) is 42.6 Å². The highest BCUT2D eigenvalue weighted by atomic mass is 16.2. The van der Waals surface area contributed by atoms with Gasteiger partial charge in [0, 0.05) is 49.4 Å². The number of carbonyl (C=O) groups is 1. The number of hydrogen-bond donors (Lipinski definition) is 1. The number of aryl methyl sites for hydroxylation is 1. The van der Waals surface area contributed by atoms with Crippen molar-refractivity contribution < 1.29 is 4.79 Å². The zero-order chi connectivity index (χ0) is 23.6. The summed E-state index contributed by atoms with van der Waals surface area (Å²) < 4.78 is 4.49. The summed E-state index contributed by atoms with van der Waals surface area (Å²) in [6.07, 6.45) is 9.05. The Labute approximate surface area is 205 Å². The molecule has 1 unspecified atom stereocenters. The number of rotatable bonds is 4. The van der Waals surface area contributed by atoms with Crippen LogP contribution >= 0.6 is 0 Å². The maximum Gasteiger partial charge on any atom is 0.253 e. The molecule has 4 aromatic rings. The lowest BCUT2D eigenvalue weighted by Crippen LogP contribution is -2.55. The molecule has 1 aliphatic carbocycles.